The number of nitrogens with two attached hydrogens (primary N) is 1. The molecule has 0 saturated carbocycles. The number of nitrogen functional groups attached to an aromatic ring is 1. The van der Waals surface area contributed by atoms with Gasteiger partial charge in [0.05, 0.1) is 5.69 Å². The molecule has 0 fully saturated rings. The number of fused-ring (bicyclic) bond motifs is 1. The Morgan fingerprint density at radius 3 is 2.69 bits per heavy atom. The molecule has 1 aromatic carbocycles. The van der Waals surface area contributed by atoms with E-state index in [9.17, 15) is 4.39 Å². The highest BCUT2D eigenvalue weighted by Crippen LogP contribution is 2.25. The Morgan fingerprint density at radius 1 is 1.31 bits per heavy atom. The van der Waals surface area contributed by atoms with Gasteiger partial charge in [-0.15, -0.1) is 0 Å². The van der Waals surface area contributed by atoms with Crippen LogP contribution in [0.25, 0.3) is 10.9 Å². The van der Waals surface area contributed by atoms with Gasteiger partial charge in [0, 0.05) is 22.7 Å². The first-order valence-electron chi connectivity index (χ1n) is 4.13. The minimum absolute atomic E-state index is 0.203. The summed E-state index contributed by atoms with van der Waals surface area (Å²) < 4.78 is 13.0. The molecule has 0 aliphatic carbocycles. The van der Waals surface area contributed by atoms with Gasteiger partial charge in [0.2, 0.25) is 0 Å². The normalized spacial score (nSPS) is 11.0. The van der Waals surface area contributed by atoms with E-state index in [-0.39, 0.29) is 11.5 Å². The van der Waals surface area contributed by atoms with Gasteiger partial charge in [-0.2, -0.15) is 0 Å². The summed E-state index contributed by atoms with van der Waals surface area (Å²) in [5, 5.41) is 0.997. The van der Waals surface area contributed by atoms with Crippen molar-refractivity contribution in [3.05, 3.63) is 29.2 Å². The number of aromatic nitrogens is 1. The van der Waals surface area contributed by atoms with Crippen LogP contribution in [0.5, 0.6) is 0 Å². The van der Waals surface area contributed by atoms with E-state index in [0.717, 1.165) is 22.2 Å². The molecule has 0 aliphatic rings. The summed E-state index contributed by atoms with van der Waals surface area (Å²) in [5.74, 6) is -0.367. The molecule has 13 heavy (non-hydrogen) atoms. The highest BCUT2D eigenvalue weighted by atomic mass is 19.1. The molecular weight excluding hydrogens is 167 g/mol. The molecule has 68 valence electrons. The van der Waals surface area contributed by atoms with E-state index in [1.54, 1.807) is 6.07 Å². The first kappa shape index (κ1) is 8.10. The molecule has 0 spiro atoms. The highest BCUT2D eigenvalue weighted by molar-refractivity contribution is 5.87. The third-order valence-electron chi connectivity index (χ3n) is 2.43. The molecule has 2 rings (SSSR count). The van der Waals surface area contributed by atoms with Crippen LogP contribution in [0.15, 0.2) is 12.1 Å². The van der Waals surface area contributed by atoms with Crippen molar-refractivity contribution in [3.63, 3.8) is 0 Å². The maximum Gasteiger partial charge on any atom is 0.148 e. The number of hydrogen-bond donors (Lipinski definition) is 2. The summed E-state index contributed by atoms with van der Waals surface area (Å²) in [4.78, 5) is 3.10. The van der Waals surface area contributed by atoms with E-state index in [1.807, 2.05) is 13.8 Å². The Hall–Kier alpha value is -1.51. The highest BCUT2D eigenvalue weighted by Gasteiger charge is 2.07. The minimum atomic E-state index is -0.367. The number of anilines is 1. The number of aryl methyl sites for hydroxylation is 2. The molecule has 0 amide bonds. The van der Waals surface area contributed by atoms with Gasteiger partial charge in [-0.05, 0) is 25.5 Å². The number of hydrogen-bond acceptors (Lipinski definition) is 1. The molecule has 1 heterocycles. The third kappa shape index (κ3) is 1.08. The molecule has 0 radical (unpaired) electrons. The van der Waals surface area contributed by atoms with Crippen molar-refractivity contribution in [1.29, 1.82) is 0 Å². The van der Waals surface area contributed by atoms with Gasteiger partial charge >= 0.3 is 0 Å². The lowest BCUT2D eigenvalue weighted by Crippen LogP contribution is -1.89. The minimum Gasteiger partial charge on any atom is -0.396 e. The summed E-state index contributed by atoms with van der Waals surface area (Å²) in [6, 6.07) is 3.11. The van der Waals surface area contributed by atoms with Crippen LogP contribution in [0.1, 0.15) is 11.3 Å². The maximum absolute atomic E-state index is 13.0. The largest absolute Gasteiger partial charge is 0.396 e. The van der Waals surface area contributed by atoms with E-state index >= 15 is 0 Å². The quantitative estimate of drug-likeness (QED) is 0.598. The zero-order valence-electron chi connectivity index (χ0n) is 7.61. The van der Waals surface area contributed by atoms with Crippen LogP contribution in [-0.4, -0.2) is 4.98 Å². The average molecular weight is 178 g/mol. The second kappa shape index (κ2) is 2.49. The number of rotatable bonds is 0. The van der Waals surface area contributed by atoms with Crippen LogP contribution in [0, 0.1) is 19.7 Å². The number of nitrogens with one attached hydrogen (secondary N) is 1. The van der Waals surface area contributed by atoms with Crippen molar-refractivity contribution >= 4 is 16.6 Å². The number of aromatic amines is 1. The number of halogens is 1. The van der Waals surface area contributed by atoms with E-state index in [1.165, 1.54) is 6.07 Å². The third-order valence-corrected chi connectivity index (χ3v) is 2.43. The predicted octanol–water partition coefficient (Wildman–Crippen LogP) is 2.51. The van der Waals surface area contributed by atoms with Crippen LogP contribution in [0.3, 0.4) is 0 Å². The zero-order valence-corrected chi connectivity index (χ0v) is 7.61. The molecule has 0 saturated heterocycles. The van der Waals surface area contributed by atoms with Gasteiger partial charge in [-0.25, -0.2) is 4.39 Å². The van der Waals surface area contributed by atoms with Crippen molar-refractivity contribution in [2.75, 3.05) is 5.73 Å². The molecule has 0 unspecified atom stereocenters. The van der Waals surface area contributed by atoms with Crippen molar-refractivity contribution in [1.82, 2.24) is 4.98 Å². The Balaban J connectivity index is 2.89. The summed E-state index contributed by atoms with van der Waals surface area (Å²) >= 11 is 0. The Bertz CT molecular complexity index is 471. The fourth-order valence-electron chi connectivity index (χ4n) is 1.50. The van der Waals surface area contributed by atoms with Crippen molar-refractivity contribution in [3.8, 4) is 0 Å². The lowest BCUT2D eigenvalue weighted by atomic mass is 10.1. The topological polar surface area (TPSA) is 41.8 Å². The number of H-pyrrole nitrogens is 1. The fraction of sp³-hybridized carbons (Fsp3) is 0.200. The fourth-order valence-corrected chi connectivity index (χ4v) is 1.50. The van der Waals surface area contributed by atoms with E-state index < -0.39 is 0 Å². The van der Waals surface area contributed by atoms with E-state index in [4.69, 9.17) is 5.73 Å². The second-order valence-corrected chi connectivity index (χ2v) is 3.29. The summed E-state index contributed by atoms with van der Waals surface area (Å²) in [6.45, 7) is 3.95. The van der Waals surface area contributed by atoms with E-state index in [2.05, 4.69) is 4.98 Å². The maximum atomic E-state index is 13.0. The SMILES string of the molecule is Cc1[nH]c2cc(F)c(N)cc2c1C. The van der Waals surface area contributed by atoms with Gasteiger partial charge in [0.25, 0.3) is 0 Å². The molecule has 2 aromatic rings. The Kier molecular flexibility index (Phi) is 1.55. The van der Waals surface area contributed by atoms with Crippen LogP contribution < -0.4 is 5.73 Å². The second-order valence-electron chi connectivity index (χ2n) is 3.29. The molecule has 3 heteroatoms. The first-order chi connectivity index (χ1) is 6.09. The predicted molar refractivity (Wildman–Crippen MR) is 52.1 cm³/mol. The van der Waals surface area contributed by atoms with Crippen molar-refractivity contribution in [2.45, 2.75) is 13.8 Å². The molecule has 0 atom stereocenters. The smallest absolute Gasteiger partial charge is 0.148 e. The lowest BCUT2D eigenvalue weighted by Gasteiger charge is -1.96. The van der Waals surface area contributed by atoms with E-state index in [0.29, 0.717) is 0 Å². The molecule has 1 aromatic heterocycles. The van der Waals surface area contributed by atoms with Crippen molar-refractivity contribution < 1.29 is 4.39 Å². The van der Waals surface area contributed by atoms with Crippen LogP contribution >= 0.6 is 0 Å². The molecule has 0 aliphatic heterocycles. The van der Waals surface area contributed by atoms with Crippen LogP contribution in [0.4, 0.5) is 10.1 Å². The van der Waals surface area contributed by atoms with Gasteiger partial charge in [-0.3, -0.25) is 0 Å². The molecule has 2 nitrogen and oxygen atoms in total. The van der Waals surface area contributed by atoms with Crippen LogP contribution in [0.2, 0.25) is 0 Å². The summed E-state index contributed by atoms with van der Waals surface area (Å²) in [6.07, 6.45) is 0. The van der Waals surface area contributed by atoms with Crippen LogP contribution in [-0.2, 0) is 0 Å². The number of benzene rings is 1. The summed E-state index contributed by atoms with van der Waals surface area (Å²) in [7, 11) is 0. The molecular formula is C10H11FN2. The first-order valence-corrected chi connectivity index (χ1v) is 4.13. The van der Waals surface area contributed by atoms with Crippen molar-refractivity contribution in [2.24, 2.45) is 0 Å². The zero-order chi connectivity index (χ0) is 9.59. The Labute approximate surface area is 75.6 Å². The molecule has 3 N–H and O–H groups in total. The van der Waals surface area contributed by atoms with Gasteiger partial charge in [0.1, 0.15) is 5.82 Å². The monoisotopic (exact) mass is 178 g/mol. The standard InChI is InChI=1S/C10H11FN2/c1-5-6(2)13-10-4-8(11)9(12)3-7(5)10/h3-4,13H,12H2,1-2H3. The van der Waals surface area contributed by atoms with Gasteiger partial charge < -0.3 is 10.7 Å². The Morgan fingerprint density at radius 2 is 2.00 bits per heavy atom. The lowest BCUT2D eigenvalue weighted by molar-refractivity contribution is 0.634. The van der Waals surface area contributed by atoms with Gasteiger partial charge in [0.15, 0.2) is 0 Å². The summed E-state index contributed by atoms with van der Waals surface area (Å²) in [5.41, 5.74) is 8.67. The average Bonchev–Trinajstić information content (AvgIpc) is 2.32. The molecule has 0 bridgehead atoms. The van der Waals surface area contributed by atoms with Gasteiger partial charge in [-0.1, -0.05) is 0 Å².